The quantitative estimate of drug-likeness (QED) is 0.386. The molecule has 0 unspecified atom stereocenters. The van der Waals surface area contributed by atoms with E-state index >= 15 is 0 Å². The number of carbonyl (C=O) groups is 1. The normalized spacial score (nSPS) is 12.1. The standard InChI is InChI=1S/C24H21Cl2N3O/c1-2-21(16-6-4-3-5-7-16)28-24(30)17-9-11-23-22(12-17)27-15-29(23)14-18-8-10-19(25)13-20(18)26/h3-13,15,21H,2,14H2,1H3,(H,28,30)/t21-/m1/s1. The van der Waals surface area contributed by atoms with E-state index in [2.05, 4.69) is 17.2 Å². The van der Waals surface area contributed by atoms with Crippen molar-refractivity contribution in [1.29, 1.82) is 0 Å². The summed E-state index contributed by atoms with van der Waals surface area (Å²) in [5.41, 5.74) is 4.34. The number of amides is 1. The van der Waals surface area contributed by atoms with Crippen LogP contribution in [0.2, 0.25) is 10.0 Å². The van der Waals surface area contributed by atoms with Crippen LogP contribution in [0.25, 0.3) is 11.0 Å². The average molecular weight is 438 g/mol. The van der Waals surface area contributed by atoms with Gasteiger partial charge in [0.25, 0.3) is 5.91 Å². The number of nitrogens with zero attached hydrogens (tertiary/aromatic N) is 2. The van der Waals surface area contributed by atoms with Gasteiger partial charge in [-0.05, 0) is 47.9 Å². The predicted molar refractivity (Wildman–Crippen MR) is 122 cm³/mol. The summed E-state index contributed by atoms with van der Waals surface area (Å²) in [4.78, 5) is 17.3. The smallest absolute Gasteiger partial charge is 0.251 e. The number of hydrogen-bond donors (Lipinski definition) is 1. The molecule has 152 valence electrons. The van der Waals surface area contributed by atoms with E-state index in [1.807, 2.05) is 65.2 Å². The number of benzene rings is 3. The first-order valence-electron chi connectivity index (χ1n) is 9.79. The molecule has 0 bridgehead atoms. The SMILES string of the molecule is CC[C@@H](NC(=O)c1ccc2c(c1)ncn2Cc1ccc(Cl)cc1Cl)c1ccccc1. The monoisotopic (exact) mass is 437 g/mol. The van der Waals surface area contributed by atoms with Crippen LogP contribution in [0.1, 0.15) is 40.9 Å². The van der Waals surface area contributed by atoms with Gasteiger partial charge in [0.05, 0.1) is 29.9 Å². The lowest BCUT2D eigenvalue weighted by Crippen LogP contribution is -2.28. The molecule has 0 aliphatic heterocycles. The van der Waals surface area contributed by atoms with Crippen molar-refractivity contribution in [3.63, 3.8) is 0 Å². The van der Waals surface area contributed by atoms with Crippen LogP contribution in [0, 0.1) is 0 Å². The van der Waals surface area contributed by atoms with E-state index < -0.39 is 0 Å². The highest BCUT2D eigenvalue weighted by Gasteiger charge is 2.15. The van der Waals surface area contributed by atoms with E-state index in [9.17, 15) is 4.79 Å². The van der Waals surface area contributed by atoms with Crippen molar-refractivity contribution in [3.8, 4) is 0 Å². The fraction of sp³-hybridized carbons (Fsp3) is 0.167. The lowest BCUT2D eigenvalue weighted by Gasteiger charge is -2.17. The minimum absolute atomic E-state index is 0.0287. The number of imidazole rings is 1. The highest BCUT2D eigenvalue weighted by atomic mass is 35.5. The molecule has 0 spiro atoms. The van der Waals surface area contributed by atoms with Crippen LogP contribution in [0.4, 0.5) is 0 Å². The Bertz CT molecular complexity index is 1190. The lowest BCUT2D eigenvalue weighted by molar-refractivity contribution is 0.0935. The van der Waals surface area contributed by atoms with Crippen LogP contribution in [-0.4, -0.2) is 15.5 Å². The summed E-state index contributed by atoms with van der Waals surface area (Å²) < 4.78 is 2.00. The summed E-state index contributed by atoms with van der Waals surface area (Å²) in [6.07, 6.45) is 2.57. The molecule has 0 aliphatic carbocycles. The highest BCUT2D eigenvalue weighted by Crippen LogP contribution is 2.24. The minimum Gasteiger partial charge on any atom is -0.345 e. The predicted octanol–water partition coefficient (Wildman–Crippen LogP) is 6.27. The average Bonchev–Trinajstić information content (AvgIpc) is 3.16. The molecule has 6 heteroatoms. The molecule has 3 aromatic carbocycles. The van der Waals surface area contributed by atoms with E-state index in [1.165, 1.54) is 0 Å². The fourth-order valence-corrected chi connectivity index (χ4v) is 3.98. The highest BCUT2D eigenvalue weighted by molar-refractivity contribution is 6.35. The maximum Gasteiger partial charge on any atom is 0.251 e. The zero-order chi connectivity index (χ0) is 21.1. The largest absolute Gasteiger partial charge is 0.345 e. The van der Waals surface area contributed by atoms with Crippen molar-refractivity contribution in [1.82, 2.24) is 14.9 Å². The van der Waals surface area contributed by atoms with Gasteiger partial charge in [0.15, 0.2) is 0 Å². The summed E-state index contributed by atoms with van der Waals surface area (Å²) in [6, 6.07) is 21.0. The minimum atomic E-state index is -0.108. The summed E-state index contributed by atoms with van der Waals surface area (Å²) in [5.74, 6) is -0.108. The van der Waals surface area contributed by atoms with E-state index in [-0.39, 0.29) is 11.9 Å². The Morgan fingerprint density at radius 1 is 1.07 bits per heavy atom. The van der Waals surface area contributed by atoms with Gasteiger partial charge in [0.2, 0.25) is 0 Å². The molecule has 0 saturated carbocycles. The Morgan fingerprint density at radius 3 is 2.60 bits per heavy atom. The molecule has 1 aromatic heterocycles. The second kappa shape index (κ2) is 8.90. The number of rotatable bonds is 6. The molecule has 1 heterocycles. The van der Waals surface area contributed by atoms with Gasteiger partial charge in [-0.1, -0.05) is 66.5 Å². The van der Waals surface area contributed by atoms with Gasteiger partial charge in [-0.3, -0.25) is 4.79 Å². The molecule has 4 rings (SSSR count). The number of halogens is 2. The van der Waals surface area contributed by atoms with Gasteiger partial charge in [0.1, 0.15) is 0 Å². The molecule has 1 atom stereocenters. The van der Waals surface area contributed by atoms with Crippen molar-refractivity contribution in [2.75, 3.05) is 0 Å². The first kappa shape index (κ1) is 20.5. The van der Waals surface area contributed by atoms with Crippen LogP contribution >= 0.6 is 23.2 Å². The zero-order valence-corrected chi connectivity index (χ0v) is 18.0. The Labute approximate surface area is 185 Å². The Hall–Kier alpha value is -2.82. The number of fused-ring (bicyclic) bond motifs is 1. The van der Waals surface area contributed by atoms with Crippen LogP contribution in [-0.2, 0) is 6.54 Å². The molecule has 4 aromatic rings. The first-order valence-corrected chi connectivity index (χ1v) is 10.6. The van der Waals surface area contributed by atoms with Gasteiger partial charge >= 0.3 is 0 Å². The van der Waals surface area contributed by atoms with Gasteiger partial charge in [-0.25, -0.2) is 4.98 Å². The van der Waals surface area contributed by atoms with Crippen molar-refractivity contribution in [2.45, 2.75) is 25.9 Å². The molecule has 30 heavy (non-hydrogen) atoms. The van der Waals surface area contributed by atoms with Crippen LogP contribution in [0.3, 0.4) is 0 Å². The first-order chi connectivity index (χ1) is 14.5. The van der Waals surface area contributed by atoms with Gasteiger partial charge in [0, 0.05) is 15.6 Å². The summed E-state index contributed by atoms with van der Waals surface area (Å²) in [7, 11) is 0. The Kier molecular flexibility index (Phi) is 6.07. The van der Waals surface area contributed by atoms with Gasteiger partial charge in [-0.15, -0.1) is 0 Å². The molecule has 1 N–H and O–H groups in total. The summed E-state index contributed by atoms with van der Waals surface area (Å²) in [6.45, 7) is 2.63. The van der Waals surface area contributed by atoms with E-state index in [0.29, 0.717) is 22.2 Å². The number of nitrogens with one attached hydrogen (secondary N) is 1. The number of carbonyl (C=O) groups excluding carboxylic acids is 1. The van der Waals surface area contributed by atoms with Crippen LogP contribution < -0.4 is 5.32 Å². The number of aromatic nitrogens is 2. The third kappa shape index (κ3) is 4.35. The summed E-state index contributed by atoms with van der Waals surface area (Å²) in [5, 5.41) is 4.34. The van der Waals surface area contributed by atoms with Crippen molar-refractivity contribution in [3.05, 3.63) is 99.8 Å². The van der Waals surface area contributed by atoms with Crippen LogP contribution in [0.15, 0.2) is 73.1 Å². The third-order valence-electron chi connectivity index (χ3n) is 5.15. The van der Waals surface area contributed by atoms with Crippen molar-refractivity contribution < 1.29 is 4.79 Å². The second-order valence-corrected chi connectivity index (χ2v) is 8.00. The molecule has 0 fully saturated rings. The third-order valence-corrected chi connectivity index (χ3v) is 5.74. The maximum atomic E-state index is 12.8. The van der Waals surface area contributed by atoms with Gasteiger partial charge < -0.3 is 9.88 Å². The van der Waals surface area contributed by atoms with Crippen LogP contribution in [0.5, 0.6) is 0 Å². The van der Waals surface area contributed by atoms with E-state index in [0.717, 1.165) is 28.6 Å². The molecular weight excluding hydrogens is 417 g/mol. The van der Waals surface area contributed by atoms with Crippen molar-refractivity contribution >= 4 is 40.1 Å². The fourth-order valence-electron chi connectivity index (χ4n) is 3.51. The van der Waals surface area contributed by atoms with E-state index in [4.69, 9.17) is 23.2 Å². The maximum absolute atomic E-state index is 12.8. The zero-order valence-electron chi connectivity index (χ0n) is 16.5. The Balaban J connectivity index is 1.55. The topological polar surface area (TPSA) is 46.9 Å². The second-order valence-electron chi connectivity index (χ2n) is 7.16. The number of hydrogen-bond acceptors (Lipinski definition) is 2. The van der Waals surface area contributed by atoms with Crippen molar-refractivity contribution in [2.24, 2.45) is 0 Å². The molecule has 0 saturated heterocycles. The molecule has 0 radical (unpaired) electrons. The van der Waals surface area contributed by atoms with Gasteiger partial charge in [-0.2, -0.15) is 0 Å². The lowest BCUT2D eigenvalue weighted by atomic mass is 10.0. The molecule has 4 nitrogen and oxygen atoms in total. The molecular formula is C24H21Cl2N3O. The molecule has 0 aliphatic rings. The molecule has 1 amide bonds. The Morgan fingerprint density at radius 2 is 1.87 bits per heavy atom. The summed E-state index contributed by atoms with van der Waals surface area (Å²) >= 11 is 12.3. The van der Waals surface area contributed by atoms with E-state index in [1.54, 1.807) is 12.4 Å².